The molecule has 11 nitrogen and oxygen atoms in total. The van der Waals surface area contributed by atoms with E-state index in [4.69, 9.17) is 19.3 Å². The summed E-state index contributed by atoms with van der Waals surface area (Å²) in [5.74, 6) is 1.08. The highest BCUT2D eigenvalue weighted by atomic mass is 16.6. The molecule has 11 heteroatoms. The molecule has 2 aliphatic carbocycles. The number of carboxylic acid groups (broad SMARTS) is 1. The first-order chi connectivity index (χ1) is 21.3. The fourth-order valence-corrected chi connectivity index (χ4v) is 9.83. The SMILES string of the molecule is COc1cc2c(cc1OC)[C@@]13CCN4CC5=CCO[C@H]6CC(=O)N2[C@H]1[C@H]6[C@H]5C[C@H]43.O=C(O)C1CCc2ccc([N+](=O)[O-])cc21. The Kier molecular flexibility index (Phi) is 6.12. The van der Waals surface area contributed by atoms with Gasteiger partial charge in [0.2, 0.25) is 5.91 Å². The summed E-state index contributed by atoms with van der Waals surface area (Å²) >= 11 is 0. The number of nitrogens with zero attached hydrogens (tertiary/aromatic N) is 3. The van der Waals surface area contributed by atoms with Crippen LogP contribution < -0.4 is 14.4 Å². The molecule has 7 aliphatic rings. The van der Waals surface area contributed by atoms with Crippen LogP contribution in [-0.2, 0) is 26.2 Å². The van der Waals surface area contributed by atoms with Gasteiger partial charge in [0.05, 0.1) is 55.9 Å². The average molecular weight is 602 g/mol. The molecular weight excluding hydrogens is 566 g/mol. The van der Waals surface area contributed by atoms with Gasteiger partial charge in [-0.3, -0.25) is 24.6 Å². The van der Waals surface area contributed by atoms with Gasteiger partial charge in [-0.05, 0) is 60.9 Å². The highest BCUT2D eigenvalue weighted by Gasteiger charge is 2.71. The summed E-state index contributed by atoms with van der Waals surface area (Å²) in [6, 6.07) is 9.32. The standard InChI is InChI=1S/C23H26N2O4.C10H9NO4/c1-27-16-8-14-15(9-17(16)28-2)25-20(26)10-18-21-13-7-19-23(14,22(21)25)4-5-24(19)11-12(13)3-6-29-18;12-10(13)8-4-2-6-1-3-7(11(14)15)5-9(6)8/h3,8-9,13,18-19,21-22H,4-7,10-11H2,1-2H3;1,3,5,8H,2,4H2,(H,12,13)/t13-,18-,19-,21-,22-,23+;/m0./s1. The number of methoxy groups -OCH3 is 2. The second-order valence-corrected chi connectivity index (χ2v) is 13.1. The third kappa shape index (κ3) is 3.62. The van der Waals surface area contributed by atoms with E-state index >= 15 is 0 Å². The summed E-state index contributed by atoms with van der Waals surface area (Å²) < 4.78 is 17.6. The van der Waals surface area contributed by atoms with Gasteiger partial charge in [0.25, 0.3) is 5.69 Å². The van der Waals surface area contributed by atoms with Crippen LogP contribution in [0.15, 0.2) is 42.0 Å². The van der Waals surface area contributed by atoms with E-state index < -0.39 is 16.8 Å². The Balaban J connectivity index is 0.000000163. The van der Waals surface area contributed by atoms with Gasteiger partial charge in [-0.2, -0.15) is 0 Å². The molecule has 2 bridgehead atoms. The van der Waals surface area contributed by atoms with Gasteiger partial charge in [0.1, 0.15) is 0 Å². The predicted octanol–water partition coefficient (Wildman–Crippen LogP) is 3.82. The Labute approximate surface area is 254 Å². The number of nitro benzene ring substituents is 1. The number of hydrogen-bond acceptors (Lipinski definition) is 8. The topological polar surface area (TPSA) is 132 Å². The van der Waals surface area contributed by atoms with Crippen molar-refractivity contribution in [1.82, 2.24) is 4.90 Å². The molecule has 4 fully saturated rings. The normalized spacial score (nSPS) is 33.4. The number of non-ortho nitro benzene ring substituents is 1. The molecular formula is C33H35N3O8. The van der Waals surface area contributed by atoms with Crippen molar-refractivity contribution in [3.8, 4) is 11.5 Å². The zero-order chi connectivity index (χ0) is 30.5. The molecule has 1 N–H and O–H groups in total. The second-order valence-electron chi connectivity index (χ2n) is 13.1. The van der Waals surface area contributed by atoms with Crippen LogP contribution in [0, 0.1) is 22.0 Å². The number of fused-ring (bicyclic) bond motifs is 3. The highest BCUT2D eigenvalue weighted by Crippen LogP contribution is 2.66. The van der Waals surface area contributed by atoms with Gasteiger partial charge >= 0.3 is 5.97 Å². The molecule has 3 saturated heterocycles. The van der Waals surface area contributed by atoms with E-state index in [1.165, 1.54) is 24.1 Å². The summed E-state index contributed by atoms with van der Waals surface area (Å²) in [6.45, 7) is 2.80. The van der Waals surface area contributed by atoms with E-state index in [1.54, 1.807) is 25.9 Å². The smallest absolute Gasteiger partial charge is 0.310 e. The lowest BCUT2D eigenvalue weighted by atomic mass is 9.53. The summed E-state index contributed by atoms with van der Waals surface area (Å²) in [5, 5.41) is 19.5. The number of ether oxygens (including phenoxy) is 3. The van der Waals surface area contributed by atoms with E-state index in [2.05, 4.69) is 21.9 Å². The molecule has 7 atom stereocenters. The Morgan fingerprint density at radius 2 is 1.98 bits per heavy atom. The summed E-state index contributed by atoms with van der Waals surface area (Å²) in [5.41, 5.74) is 5.32. The minimum atomic E-state index is -0.908. The maximum absolute atomic E-state index is 13.5. The molecule has 1 amide bonds. The number of nitro groups is 1. The average Bonchev–Trinajstić information content (AvgIpc) is 3.67. The van der Waals surface area contributed by atoms with Gasteiger partial charge in [-0.1, -0.05) is 17.7 Å². The predicted molar refractivity (Wildman–Crippen MR) is 158 cm³/mol. The van der Waals surface area contributed by atoms with Crippen LogP contribution in [0.2, 0.25) is 0 Å². The number of rotatable bonds is 4. The Morgan fingerprint density at radius 3 is 2.73 bits per heavy atom. The third-order valence-corrected chi connectivity index (χ3v) is 11.5. The van der Waals surface area contributed by atoms with Gasteiger partial charge in [0, 0.05) is 42.1 Å². The van der Waals surface area contributed by atoms with E-state index in [0.717, 1.165) is 36.5 Å². The van der Waals surface area contributed by atoms with E-state index in [-0.39, 0.29) is 29.2 Å². The van der Waals surface area contributed by atoms with Gasteiger partial charge in [0.15, 0.2) is 11.5 Å². The number of amides is 1. The van der Waals surface area contributed by atoms with Crippen LogP contribution in [-0.4, -0.2) is 78.9 Å². The monoisotopic (exact) mass is 601 g/mol. The van der Waals surface area contributed by atoms with Crippen LogP contribution in [0.3, 0.4) is 0 Å². The maximum atomic E-state index is 13.5. The van der Waals surface area contributed by atoms with E-state index in [1.807, 2.05) is 6.07 Å². The molecule has 9 rings (SSSR count). The first-order valence-electron chi connectivity index (χ1n) is 15.4. The van der Waals surface area contributed by atoms with E-state index in [0.29, 0.717) is 55.1 Å². The van der Waals surface area contributed by atoms with Crippen LogP contribution in [0.4, 0.5) is 11.4 Å². The van der Waals surface area contributed by atoms with Crippen molar-refractivity contribution in [2.45, 2.75) is 61.6 Å². The van der Waals surface area contributed by atoms with Crippen LogP contribution >= 0.6 is 0 Å². The molecule has 230 valence electrons. The maximum Gasteiger partial charge on any atom is 0.310 e. The number of piperidine rings is 2. The molecule has 1 unspecified atom stereocenters. The molecule has 2 aromatic rings. The van der Waals surface area contributed by atoms with Crippen molar-refractivity contribution in [2.75, 3.05) is 38.8 Å². The van der Waals surface area contributed by atoms with Crippen molar-refractivity contribution in [3.63, 3.8) is 0 Å². The number of carbonyl (C=O) groups is 2. The molecule has 44 heavy (non-hydrogen) atoms. The molecule has 2 aromatic carbocycles. The number of carbonyl (C=O) groups excluding carboxylic acids is 1. The molecule has 1 saturated carbocycles. The van der Waals surface area contributed by atoms with Crippen LogP contribution in [0.25, 0.3) is 0 Å². The number of benzene rings is 2. The lowest BCUT2D eigenvalue weighted by Gasteiger charge is -2.58. The zero-order valence-electron chi connectivity index (χ0n) is 24.7. The van der Waals surface area contributed by atoms with Gasteiger partial charge < -0.3 is 24.2 Å². The van der Waals surface area contributed by atoms with Crippen molar-refractivity contribution < 1.29 is 33.8 Å². The first kappa shape index (κ1) is 27.6. The largest absolute Gasteiger partial charge is 0.493 e. The quantitative estimate of drug-likeness (QED) is 0.316. The summed E-state index contributed by atoms with van der Waals surface area (Å²) in [6.07, 6.45) is 6.33. The molecule has 5 heterocycles. The molecule has 1 spiro atoms. The van der Waals surface area contributed by atoms with Gasteiger partial charge in [-0.15, -0.1) is 0 Å². The number of aryl methyl sites for hydroxylation is 1. The zero-order valence-corrected chi connectivity index (χ0v) is 24.7. The van der Waals surface area contributed by atoms with Crippen molar-refractivity contribution >= 4 is 23.3 Å². The minimum absolute atomic E-state index is 0.0242. The van der Waals surface area contributed by atoms with Crippen molar-refractivity contribution in [1.29, 1.82) is 0 Å². The highest BCUT2D eigenvalue weighted by molar-refractivity contribution is 5.99. The molecule has 0 aromatic heterocycles. The Morgan fingerprint density at radius 1 is 1.18 bits per heavy atom. The Bertz CT molecular complexity index is 1640. The minimum Gasteiger partial charge on any atom is -0.493 e. The van der Waals surface area contributed by atoms with E-state index in [9.17, 15) is 19.7 Å². The number of anilines is 1. The fraction of sp³-hybridized carbons (Fsp3) is 0.515. The number of hydrogen-bond donors (Lipinski definition) is 1. The summed E-state index contributed by atoms with van der Waals surface area (Å²) in [7, 11) is 3.36. The van der Waals surface area contributed by atoms with Crippen LogP contribution in [0.5, 0.6) is 11.5 Å². The third-order valence-electron chi connectivity index (χ3n) is 11.5. The van der Waals surface area contributed by atoms with Crippen molar-refractivity contribution in [3.05, 3.63) is 68.8 Å². The van der Waals surface area contributed by atoms with Crippen molar-refractivity contribution in [2.24, 2.45) is 11.8 Å². The van der Waals surface area contributed by atoms with Crippen LogP contribution in [0.1, 0.15) is 48.3 Å². The Hall–Kier alpha value is -3.96. The lowest BCUT2D eigenvalue weighted by Crippen LogP contribution is -2.69. The second kappa shape index (κ2) is 9.77. The molecule has 0 radical (unpaired) electrons. The summed E-state index contributed by atoms with van der Waals surface area (Å²) in [4.78, 5) is 39.2. The van der Waals surface area contributed by atoms with Gasteiger partial charge in [-0.25, -0.2) is 0 Å². The first-order valence-corrected chi connectivity index (χ1v) is 15.4. The molecule has 5 aliphatic heterocycles. The lowest BCUT2D eigenvalue weighted by molar-refractivity contribution is -0.384. The fourth-order valence-electron chi connectivity index (χ4n) is 9.83. The number of carboxylic acids is 1. The number of aliphatic carboxylic acids is 1.